The summed E-state index contributed by atoms with van der Waals surface area (Å²) >= 11 is 0. The van der Waals surface area contributed by atoms with Crippen LogP contribution in [0.5, 0.6) is 17.2 Å². The number of methoxy groups -OCH3 is 1. The molecular formula is C27H35FN2O4. The Bertz CT molecular complexity index is 973. The number of rotatable bonds is 10. The summed E-state index contributed by atoms with van der Waals surface area (Å²) < 4.78 is 30.9. The van der Waals surface area contributed by atoms with Crippen molar-refractivity contribution in [1.82, 2.24) is 10.2 Å². The van der Waals surface area contributed by atoms with Crippen LogP contribution in [0.3, 0.4) is 0 Å². The molecule has 0 atom stereocenters. The first-order chi connectivity index (χ1) is 16.5. The maximum atomic E-state index is 14.5. The molecule has 1 N–H and O–H groups in total. The average Bonchev–Trinajstić information content (AvgIpc) is 3.69. The lowest BCUT2D eigenvalue weighted by atomic mass is 10.0. The van der Waals surface area contributed by atoms with Crippen molar-refractivity contribution in [3.05, 3.63) is 52.8 Å². The SMILES string of the molecule is CCOc1cc(CN2CCC(NC(=O)c3cc(OC)cc(C4CC4)c3)CC2)cc(OCC)c1F. The van der Waals surface area contributed by atoms with Crippen LogP contribution in [-0.2, 0) is 6.54 Å². The first-order valence-corrected chi connectivity index (χ1v) is 12.3. The summed E-state index contributed by atoms with van der Waals surface area (Å²) in [6.07, 6.45) is 4.09. The fourth-order valence-corrected chi connectivity index (χ4v) is 4.52. The van der Waals surface area contributed by atoms with E-state index < -0.39 is 5.82 Å². The van der Waals surface area contributed by atoms with Gasteiger partial charge in [0.05, 0.1) is 20.3 Å². The molecule has 2 fully saturated rings. The molecule has 7 heteroatoms. The lowest BCUT2D eigenvalue weighted by molar-refractivity contribution is 0.0908. The van der Waals surface area contributed by atoms with E-state index in [0.29, 0.717) is 31.2 Å². The van der Waals surface area contributed by atoms with Gasteiger partial charge < -0.3 is 19.5 Å². The minimum Gasteiger partial charge on any atom is -0.497 e. The lowest BCUT2D eigenvalue weighted by Crippen LogP contribution is -2.44. The van der Waals surface area contributed by atoms with Gasteiger partial charge >= 0.3 is 0 Å². The maximum absolute atomic E-state index is 14.5. The number of nitrogens with zero attached hydrogens (tertiary/aromatic N) is 1. The Labute approximate surface area is 201 Å². The third-order valence-electron chi connectivity index (χ3n) is 6.47. The van der Waals surface area contributed by atoms with Crippen molar-refractivity contribution in [1.29, 1.82) is 0 Å². The van der Waals surface area contributed by atoms with Crippen LogP contribution in [0.25, 0.3) is 0 Å². The van der Waals surface area contributed by atoms with Gasteiger partial charge in [0.2, 0.25) is 5.82 Å². The predicted octanol–water partition coefficient (Wildman–Crippen LogP) is 4.90. The van der Waals surface area contributed by atoms with Crippen LogP contribution in [0, 0.1) is 5.82 Å². The first kappa shape index (κ1) is 24.3. The molecule has 0 aromatic heterocycles. The van der Waals surface area contributed by atoms with Crippen molar-refractivity contribution in [2.75, 3.05) is 33.4 Å². The number of amides is 1. The molecule has 34 heavy (non-hydrogen) atoms. The lowest BCUT2D eigenvalue weighted by Gasteiger charge is -2.32. The molecule has 1 amide bonds. The van der Waals surface area contributed by atoms with Gasteiger partial charge in [-0.2, -0.15) is 4.39 Å². The molecule has 0 bridgehead atoms. The van der Waals surface area contributed by atoms with Gasteiger partial charge in [0.25, 0.3) is 5.91 Å². The van der Waals surface area contributed by atoms with E-state index in [-0.39, 0.29) is 23.4 Å². The second-order valence-corrected chi connectivity index (χ2v) is 9.07. The van der Waals surface area contributed by atoms with Gasteiger partial charge in [-0.1, -0.05) is 0 Å². The Kier molecular flexibility index (Phi) is 7.93. The van der Waals surface area contributed by atoms with E-state index in [2.05, 4.69) is 10.2 Å². The number of hydrogen-bond acceptors (Lipinski definition) is 5. The highest BCUT2D eigenvalue weighted by Gasteiger charge is 2.26. The zero-order chi connectivity index (χ0) is 24.1. The number of ether oxygens (including phenoxy) is 3. The number of benzene rings is 2. The molecule has 0 unspecified atom stereocenters. The summed E-state index contributed by atoms with van der Waals surface area (Å²) in [5.41, 5.74) is 2.82. The third kappa shape index (κ3) is 6.00. The number of nitrogens with one attached hydrogen (secondary N) is 1. The molecule has 0 radical (unpaired) electrons. The minimum absolute atomic E-state index is 0.0412. The van der Waals surface area contributed by atoms with Crippen LogP contribution in [0.2, 0.25) is 0 Å². The highest BCUT2D eigenvalue weighted by atomic mass is 19.1. The van der Waals surface area contributed by atoms with Crippen molar-refractivity contribution in [3.63, 3.8) is 0 Å². The number of hydrogen-bond donors (Lipinski definition) is 1. The second kappa shape index (κ2) is 11.1. The van der Waals surface area contributed by atoms with Gasteiger partial charge in [0.1, 0.15) is 5.75 Å². The highest BCUT2D eigenvalue weighted by Crippen LogP contribution is 2.41. The molecule has 1 saturated carbocycles. The molecule has 2 aromatic rings. The van der Waals surface area contributed by atoms with Crippen molar-refractivity contribution >= 4 is 5.91 Å². The van der Waals surface area contributed by atoms with Gasteiger partial charge in [0.15, 0.2) is 11.5 Å². The van der Waals surface area contributed by atoms with E-state index in [9.17, 15) is 9.18 Å². The van der Waals surface area contributed by atoms with E-state index in [4.69, 9.17) is 14.2 Å². The number of piperidine rings is 1. The molecule has 1 heterocycles. The van der Waals surface area contributed by atoms with Crippen LogP contribution in [0.15, 0.2) is 30.3 Å². The molecule has 184 valence electrons. The van der Waals surface area contributed by atoms with Crippen LogP contribution in [0.1, 0.15) is 66.9 Å². The minimum atomic E-state index is -0.448. The fraction of sp³-hybridized carbons (Fsp3) is 0.519. The standard InChI is InChI=1S/C27H35FN2O4/c1-4-33-24-12-18(13-25(26(24)28)34-5-2)17-30-10-8-22(9-11-30)29-27(31)21-14-20(19-6-7-19)15-23(16-21)32-3/h12-16,19,22H,4-11,17H2,1-3H3,(H,29,31). The highest BCUT2D eigenvalue weighted by molar-refractivity contribution is 5.95. The van der Waals surface area contributed by atoms with Crippen LogP contribution < -0.4 is 19.5 Å². The Hall–Kier alpha value is -2.80. The quantitative estimate of drug-likeness (QED) is 0.535. The molecule has 1 aliphatic heterocycles. The summed E-state index contributed by atoms with van der Waals surface area (Å²) in [6.45, 7) is 6.84. The largest absolute Gasteiger partial charge is 0.497 e. The van der Waals surface area contributed by atoms with Gasteiger partial charge in [-0.15, -0.1) is 0 Å². The van der Waals surface area contributed by atoms with E-state index in [1.807, 2.05) is 32.0 Å². The average molecular weight is 471 g/mol. The molecule has 0 spiro atoms. The Balaban J connectivity index is 1.34. The van der Waals surface area contributed by atoms with Crippen molar-refractivity contribution < 1.29 is 23.4 Å². The molecule has 6 nitrogen and oxygen atoms in total. The monoisotopic (exact) mass is 470 g/mol. The van der Waals surface area contributed by atoms with Gasteiger partial charge in [-0.25, -0.2) is 0 Å². The Morgan fingerprint density at radius 2 is 1.65 bits per heavy atom. The second-order valence-electron chi connectivity index (χ2n) is 9.07. The van der Waals surface area contributed by atoms with E-state index in [1.165, 1.54) is 18.4 Å². The maximum Gasteiger partial charge on any atom is 0.251 e. The molecule has 1 saturated heterocycles. The zero-order valence-electron chi connectivity index (χ0n) is 20.4. The Morgan fingerprint density at radius 1 is 1.00 bits per heavy atom. The number of carbonyl (C=O) groups is 1. The smallest absolute Gasteiger partial charge is 0.251 e. The van der Waals surface area contributed by atoms with E-state index >= 15 is 0 Å². The number of halogens is 1. The van der Waals surface area contributed by atoms with Gasteiger partial charge in [-0.3, -0.25) is 9.69 Å². The number of likely N-dealkylation sites (tertiary alicyclic amines) is 1. The molecule has 2 aliphatic rings. The van der Waals surface area contributed by atoms with E-state index in [0.717, 1.165) is 37.2 Å². The van der Waals surface area contributed by atoms with Crippen LogP contribution in [-0.4, -0.2) is 50.3 Å². The van der Waals surface area contributed by atoms with Crippen molar-refractivity contribution in [3.8, 4) is 17.2 Å². The summed E-state index contributed by atoms with van der Waals surface area (Å²) in [7, 11) is 1.64. The first-order valence-electron chi connectivity index (χ1n) is 12.3. The molecular weight excluding hydrogens is 435 g/mol. The zero-order valence-corrected chi connectivity index (χ0v) is 20.4. The molecule has 4 rings (SSSR count). The van der Waals surface area contributed by atoms with Crippen LogP contribution >= 0.6 is 0 Å². The molecule has 1 aliphatic carbocycles. The normalized spacial score (nSPS) is 16.8. The topological polar surface area (TPSA) is 60.0 Å². The summed E-state index contributed by atoms with van der Waals surface area (Å²) in [4.78, 5) is 15.3. The van der Waals surface area contributed by atoms with Gasteiger partial charge in [-0.05, 0) is 86.9 Å². The van der Waals surface area contributed by atoms with Gasteiger partial charge in [0, 0.05) is 31.2 Å². The van der Waals surface area contributed by atoms with Crippen molar-refractivity contribution in [2.45, 2.75) is 58.0 Å². The Morgan fingerprint density at radius 3 is 2.21 bits per heavy atom. The third-order valence-corrected chi connectivity index (χ3v) is 6.47. The van der Waals surface area contributed by atoms with Crippen LogP contribution in [0.4, 0.5) is 4.39 Å². The summed E-state index contributed by atoms with van der Waals surface area (Å²) in [5, 5.41) is 3.21. The summed E-state index contributed by atoms with van der Waals surface area (Å²) in [6, 6.07) is 9.51. The molecule has 2 aromatic carbocycles. The number of carbonyl (C=O) groups excluding carboxylic acids is 1. The fourth-order valence-electron chi connectivity index (χ4n) is 4.52. The van der Waals surface area contributed by atoms with Crippen molar-refractivity contribution in [2.24, 2.45) is 0 Å². The van der Waals surface area contributed by atoms with E-state index in [1.54, 1.807) is 19.2 Å². The summed E-state index contributed by atoms with van der Waals surface area (Å²) in [5.74, 6) is 1.27. The predicted molar refractivity (Wildman–Crippen MR) is 129 cm³/mol.